The summed E-state index contributed by atoms with van der Waals surface area (Å²) in [6.45, 7) is 6.13. The average molecular weight is 293 g/mol. The van der Waals surface area contributed by atoms with Crippen LogP contribution in [0.3, 0.4) is 0 Å². The number of rotatable bonds is 2. The quantitative estimate of drug-likeness (QED) is 0.848. The number of thioether (sulfide) groups is 1. The molecule has 2 nitrogen and oxygen atoms in total. The predicted molar refractivity (Wildman–Crippen MR) is 82.2 cm³/mol. The molecule has 0 amide bonds. The normalized spacial score (nSPS) is 23.2. The van der Waals surface area contributed by atoms with Crippen LogP contribution in [0.25, 0.3) is 0 Å². The van der Waals surface area contributed by atoms with Crippen molar-refractivity contribution in [2.45, 2.75) is 31.7 Å². The van der Waals surface area contributed by atoms with Crippen LogP contribution in [0.5, 0.6) is 0 Å². The van der Waals surface area contributed by atoms with Crippen molar-refractivity contribution in [1.29, 1.82) is 0 Å². The Balaban J connectivity index is 2.13. The van der Waals surface area contributed by atoms with Crippen molar-refractivity contribution in [3.63, 3.8) is 0 Å². The molecule has 0 bridgehead atoms. The Morgan fingerprint density at radius 2 is 2.25 bits per heavy atom. The van der Waals surface area contributed by atoms with Gasteiger partial charge in [-0.25, -0.2) is 4.39 Å². The zero-order chi connectivity index (χ0) is 14.5. The van der Waals surface area contributed by atoms with Crippen LogP contribution < -0.4 is 0 Å². The Morgan fingerprint density at radius 3 is 3.00 bits per heavy atom. The van der Waals surface area contributed by atoms with Gasteiger partial charge in [0, 0.05) is 30.1 Å². The minimum Gasteiger partial charge on any atom is -0.384 e. The molecule has 1 saturated heterocycles. The third-order valence-electron chi connectivity index (χ3n) is 3.73. The fourth-order valence-corrected chi connectivity index (χ4v) is 3.52. The first-order valence-corrected chi connectivity index (χ1v) is 7.90. The van der Waals surface area contributed by atoms with Crippen LogP contribution >= 0.6 is 11.8 Å². The summed E-state index contributed by atoms with van der Waals surface area (Å²) in [4.78, 5) is 2.43. The van der Waals surface area contributed by atoms with Crippen LogP contribution in [0.15, 0.2) is 18.2 Å². The lowest BCUT2D eigenvalue weighted by Gasteiger charge is -2.37. The van der Waals surface area contributed by atoms with Gasteiger partial charge in [-0.2, -0.15) is 11.8 Å². The van der Waals surface area contributed by atoms with Crippen LogP contribution in [-0.4, -0.2) is 40.2 Å². The van der Waals surface area contributed by atoms with Crippen LogP contribution in [0, 0.1) is 17.7 Å². The van der Waals surface area contributed by atoms with Gasteiger partial charge in [-0.1, -0.05) is 24.8 Å². The van der Waals surface area contributed by atoms with E-state index in [1.54, 1.807) is 6.07 Å². The minimum absolute atomic E-state index is 0.248. The summed E-state index contributed by atoms with van der Waals surface area (Å²) in [5.74, 6) is 5.98. The molecular weight excluding hydrogens is 273 g/mol. The van der Waals surface area contributed by atoms with Gasteiger partial charge in [-0.05, 0) is 24.6 Å². The molecule has 2 atom stereocenters. The van der Waals surface area contributed by atoms with Gasteiger partial charge in [0.05, 0.1) is 5.56 Å². The van der Waals surface area contributed by atoms with E-state index in [4.69, 9.17) is 5.11 Å². The highest BCUT2D eigenvalue weighted by molar-refractivity contribution is 8.00. The zero-order valence-electron chi connectivity index (χ0n) is 11.9. The van der Waals surface area contributed by atoms with Crippen molar-refractivity contribution in [2.75, 3.05) is 18.9 Å². The third kappa shape index (κ3) is 3.76. The van der Waals surface area contributed by atoms with Gasteiger partial charge in [0.15, 0.2) is 0 Å². The van der Waals surface area contributed by atoms with Crippen LogP contribution in [0.4, 0.5) is 4.39 Å². The number of benzene rings is 1. The fourth-order valence-electron chi connectivity index (χ4n) is 2.35. The Bertz CT molecular complexity index is 523. The van der Waals surface area contributed by atoms with E-state index in [1.807, 2.05) is 17.8 Å². The molecule has 2 rings (SSSR count). The Kier molecular flexibility index (Phi) is 5.47. The highest BCUT2D eigenvalue weighted by atomic mass is 32.2. The maximum atomic E-state index is 13.6. The molecule has 0 saturated carbocycles. The zero-order valence-corrected chi connectivity index (χ0v) is 12.7. The van der Waals surface area contributed by atoms with Crippen LogP contribution in [-0.2, 0) is 6.54 Å². The number of aliphatic hydroxyl groups excluding tert-OH is 1. The van der Waals surface area contributed by atoms with E-state index in [-0.39, 0.29) is 12.4 Å². The topological polar surface area (TPSA) is 23.5 Å². The first-order valence-electron chi connectivity index (χ1n) is 6.85. The van der Waals surface area contributed by atoms with E-state index in [0.717, 1.165) is 24.4 Å². The first-order chi connectivity index (χ1) is 9.61. The largest absolute Gasteiger partial charge is 0.384 e. The van der Waals surface area contributed by atoms with Crippen molar-refractivity contribution in [3.8, 4) is 11.8 Å². The fraction of sp³-hybridized carbons (Fsp3) is 0.500. The van der Waals surface area contributed by atoms with Crippen molar-refractivity contribution in [1.82, 2.24) is 4.90 Å². The van der Waals surface area contributed by atoms with E-state index in [0.29, 0.717) is 16.9 Å². The molecule has 1 heterocycles. The molecule has 1 fully saturated rings. The molecule has 2 unspecified atom stereocenters. The van der Waals surface area contributed by atoms with E-state index >= 15 is 0 Å². The summed E-state index contributed by atoms with van der Waals surface area (Å²) >= 11 is 2.01. The molecule has 0 aromatic heterocycles. The van der Waals surface area contributed by atoms with Crippen LogP contribution in [0.1, 0.15) is 25.0 Å². The van der Waals surface area contributed by atoms with Gasteiger partial charge in [-0.3, -0.25) is 4.90 Å². The standard InChI is InChI=1S/C16H20FNOS/c1-12-13(2)20-9-7-18(12)11-14-5-6-16(17)15(10-14)4-3-8-19/h5-6,10,12-13,19H,7-9,11H2,1-2H3. The molecule has 1 aliphatic rings. The summed E-state index contributed by atoms with van der Waals surface area (Å²) in [6, 6.07) is 5.59. The Morgan fingerprint density at radius 1 is 1.45 bits per heavy atom. The monoisotopic (exact) mass is 293 g/mol. The number of nitrogens with zero attached hydrogens (tertiary/aromatic N) is 1. The minimum atomic E-state index is -0.328. The van der Waals surface area contributed by atoms with Gasteiger partial charge in [0.2, 0.25) is 0 Å². The van der Waals surface area contributed by atoms with E-state index < -0.39 is 0 Å². The molecule has 1 aromatic rings. The lowest BCUT2D eigenvalue weighted by atomic mass is 10.1. The molecular formula is C16H20FNOS. The number of aliphatic hydroxyl groups is 1. The first kappa shape index (κ1) is 15.4. The molecule has 1 aromatic carbocycles. The Hall–Kier alpha value is -1.02. The summed E-state index contributed by atoms with van der Waals surface area (Å²) in [5.41, 5.74) is 1.43. The van der Waals surface area contributed by atoms with E-state index in [2.05, 4.69) is 30.6 Å². The van der Waals surface area contributed by atoms with Crippen molar-refractivity contribution in [3.05, 3.63) is 35.1 Å². The maximum absolute atomic E-state index is 13.6. The predicted octanol–water partition coefficient (Wildman–Crippen LogP) is 2.50. The number of halogens is 1. The lowest BCUT2D eigenvalue weighted by molar-refractivity contribution is 0.204. The molecule has 0 spiro atoms. The molecule has 20 heavy (non-hydrogen) atoms. The van der Waals surface area contributed by atoms with Gasteiger partial charge in [0.1, 0.15) is 12.4 Å². The summed E-state index contributed by atoms with van der Waals surface area (Å²) in [7, 11) is 0. The van der Waals surface area contributed by atoms with Gasteiger partial charge in [0.25, 0.3) is 0 Å². The second-order valence-electron chi connectivity index (χ2n) is 5.06. The second kappa shape index (κ2) is 7.12. The highest BCUT2D eigenvalue weighted by Crippen LogP contribution is 2.25. The number of hydrogen-bond acceptors (Lipinski definition) is 3. The SMILES string of the molecule is CC1SCCN(Cc2ccc(F)c(C#CCO)c2)C1C. The molecule has 1 aliphatic heterocycles. The summed E-state index contributed by atoms with van der Waals surface area (Å²) in [5, 5.41) is 9.33. The van der Waals surface area contributed by atoms with E-state index in [9.17, 15) is 4.39 Å². The smallest absolute Gasteiger partial charge is 0.138 e. The molecule has 4 heteroatoms. The van der Waals surface area contributed by atoms with Crippen molar-refractivity contribution in [2.24, 2.45) is 0 Å². The van der Waals surface area contributed by atoms with Gasteiger partial charge in [-0.15, -0.1) is 0 Å². The molecule has 108 valence electrons. The van der Waals surface area contributed by atoms with Crippen LogP contribution in [0.2, 0.25) is 0 Å². The number of hydrogen-bond donors (Lipinski definition) is 1. The molecule has 0 radical (unpaired) electrons. The Labute approximate surface area is 124 Å². The second-order valence-corrected chi connectivity index (χ2v) is 6.55. The third-order valence-corrected chi connectivity index (χ3v) is 5.07. The average Bonchev–Trinajstić information content (AvgIpc) is 2.44. The van der Waals surface area contributed by atoms with Gasteiger partial charge < -0.3 is 5.11 Å². The van der Waals surface area contributed by atoms with Gasteiger partial charge >= 0.3 is 0 Å². The summed E-state index contributed by atoms with van der Waals surface area (Å²) in [6.07, 6.45) is 0. The summed E-state index contributed by atoms with van der Waals surface area (Å²) < 4.78 is 13.6. The highest BCUT2D eigenvalue weighted by Gasteiger charge is 2.25. The van der Waals surface area contributed by atoms with Crippen molar-refractivity contribution < 1.29 is 9.50 Å². The molecule has 0 aliphatic carbocycles. The lowest BCUT2D eigenvalue weighted by Crippen LogP contribution is -2.43. The van der Waals surface area contributed by atoms with Crippen molar-refractivity contribution >= 4 is 11.8 Å². The van der Waals surface area contributed by atoms with E-state index in [1.165, 1.54) is 6.07 Å². The maximum Gasteiger partial charge on any atom is 0.138 e. The molecule has 1 N–H and O–H groups in total.